The lowest BCUT2D eigenvalue weighted by Crippen LogP contribution is -2.36. The predicted molar refractivity (Wildman–Crippen MR) is 119 cm³/mol. The van der Waals surface area contributed by atoms with Crippen LogP contribution in [0, 0.1) is 10.1 Å². The second-order valence-electron chi connectivity index (χ2n) is 7.01. The van der Waals surface area contributed by atoms with E-state index in [0.717, 1.165) is 0 Å². The number of hydrogen-bond acceptors (Lipinski definition) is 6. The largest absolute Gasteiger partial charge is 0.378 e. The average molecular weight is 447 g/mol. The molecule has 1 aliphatic heterocycles. The molecule has 2 amide bonds. The Bertz CT molecular complexity index is 992. The highest BCUT2D eigenvalue weighted by molar-refractivity contribution is 6.34. The zero-order valence-corrected chi connectivity index (χ0v) is 17.8. The van der Waals surface area contributed by atoms with Crippen LogP contribution >= 0.6 is 11.6 Å². The van der Waals surface area contributed by atoms with Crippen LogP contribution in [0.1, 0.15) is 30.1 Å². The molecule has 2 N–H and O–H groups in total. The number of benzene rings is 2. The molecule has 0 unspecified atom stereocenters. The van der Waals surface area contributed by atoms with Crippen LogP contribution in [0.25, 0.3) is 0 Å². The molecule has 0 bridgehead atoms. The predicted octanol–water partition coefficient (Wildman–Crippen LogP) is 4.08. The van der Waals surface area contributed by atoms with Gasteiger partial charge in [-0.15, -0.1) is 0 Å². The maximum Gasteiger partial charge on any atom is 0.293 e. The van der Waals surface area contributed by atoms with E-state index in [1.165, 1.54) is 12.1 Å². The highest BCUT2D eigenvalue weighted by Gasteiger charge is 2.23. The van der Waals surface area contributed by atoms with Gasteiger partial charge in [-0.2, -0.15) is 0 Å². The van der Waals surface area contributed by atoms with Crippen LogP contribution in [0.3, 0.4) is 0 Å². The number of ether oxygens (including phenoxy) is 1. The third-order valence-corrected chi connectivity index (χ3v) is 5.09. The van der Waals surface area contributed by atoms with Gasteiger partial charge >= 0.3 is 0 Å². The fraction of sp³-hybridized carbons (Fsp3) is 0.333. The minimum atomic E-state index is -0.546. The van der Waals surface area contributed by atoms with Crippen molar-refractivity contribution in [2.24, 2.45) is 0 Å². The summed E-state index contributed by atoms with van der Waals surface area (Å²) < 4.78 is 5.29. The van der Waals surface area contributed by atoms with Crippen LogP contribution in [-0.4, -0.2) is 43.0 Å². The number of nitro groups is 1. The van der Waals surface area contributed by atoms with E-state index in [4.69, 9.17) is 16.3 Å². The quantitative estimate of drug-likeness (QED) is 0.489. The molecule has 2 aromatic rings. The molecule has 1 aliphatic rings. The van der Waals surface area contributed by atoms with Crippen molar-refractivity contribution in [3.05, 3.63) is 57.1 Å². The van der Waals surface area contributed by atoms with Crippen LogP contribution in [0.2, 0.25) is 5.02 Å². The maximum absolute atomic E-state index is 12.8. The van der Waals surface area contributed by atoms with Crippen molar-refractivity contribution < 1.29 is 19.2 Å². The van der Waals surface area contributed by atoms with Crippen molar-refractivity contribution >= 4 is 46.2 Å². The van der Waals surface area contributed by atoms with Crippen molar-refractivity contribution in [3.8, 4) is 0 Å². The van der Waals surface area contributed by atoms with Gasteiger partial charge in [-0.1, -0.05) is 18.5 Å². The molecule has 0 saturated carbocycles. The molecule has 9 nitrogen and oxygen atoms in total. The third-order valence-electron chi connectivity index (χ3n) is 4.76. The number of rotatable bonds is 7. The van der Waals surface area contributed by atoms with E-state index < -0.39 is 10.8 Å². The Labute approximate surface area is 184 Å². The fourth-order valence-electron chi connectivity index (χ4n) is 3.23. The maximum atomic E-state index is 12.8. The fourth-order valence-corrected chi connectivity index (χ4v) is 3.39. The lowest BCUT2D eigenvalue weighted by atomic mass is 10.1. The van der Waals surface area contributed by atoms with Gasteiger partial charge in [-0.3, -0.25) is 19.7 Å². The van der Waals surface area contributed by atoms with Crippen molar-refractivity contribution in [2.75, 3.05) is 41.8 Å². The number of anilines is 3. The smallest absolute Gasteiger partial charge is 0.293 e. The minimum absolute atomic E-state index is 0.125. The molecule has 2 aromatic carbocycles. The second-order valence-corrected chi connectivity index (χ2v) is 7.41. The minimum Gasteiger partial charge on any atom is -0.378 e. The second kappa shape index (κ2) is 10.2. The first-order valence-electron chi connectivity index (χ1n) is 9.91. The summed E-state index contributed by atoms with van der Waals surface area (Å²) in [4.78, 5) is 37.5. The van der Waals surface area contributed by atoms with Crippen molar-refractivity contribution in [2.45, 2.75) is 19.8 Å². The molecule has 1 saturated heterocycles. The Morgan fingerprint density at radius 1 is 1.16 bits per heavy atom. The van der Waals surface area contributed by atoms with Crippen molar-refractivity contribution in [1.82, 2.24) is 0 Å². The lowest BCUT2D eigenvalue weighted by molar-refractivity contribution is -0.384. The number of carbonyl (C=O) groups is 2. The Balaban J connectivity index is 1.80. The first kappa shape index (κ1) is 22.5. The molecule has 0 aliphatic carbocycles. The number of nitrogens with one attached hydrogen (secondary N) is 2. The molecular weight excluding hydrogens is 424 g/mol. The van der Waals surface area contributed by atoms with Crippen LogP contribution < -0.4 is 15.5 Å². The molecule has 0 aromatic heterocycles. The third kappa shape index (κ3) is 5.71. The van der Waals surface area contributed by atoms with Crippen molar-refractivity contribution in [3.63, 3.8) is 0 Å². The number of nitrogens with zero attached hydrogens (tertiary/aromatic N) is 2. The van der Waals surface area contributed by atoms with E-state index in [0.29, 0.717) is 56.2 Å². The Morgan fingerprint density at radius 3 is 2.58 bits per heavy atom. The molecular formula is C21H23ClN4O5. The van der Waals surface area contributed by atoms with Gasteiger partial charge in [0.15, 0.2) is 0 Å². The topological polar surface area (TPSA) is 114 Å². The summed E-state index contributed by atoms with van der Waals surface area (Å²) in [6, 6.07) is 9.09. The van der Waals surface area contributed by atoms with E-state index >= 15 is 0 Å². The van der Waals surface area contributed by atoms with E-state index in [1.807, 2.05) is 11.8 Å². The van der Waals surface area contributed by atoms with E-state index in [2.05, 4.69) is 10.6 Å². The average Bonchev–Trinajstić information content (AvgIpc) is 2.76. The number of hydrogen-bond donors (Lipinski definition) is 2. The van der Waals surface area contributed by atoms with Gasteiger partial charge in [-0.05, 0) is 36.8 Å². The summed E-state index contributed by atoms with van der Waals surface area (Å²) in [7, 11) is 0. The zero-order chi connectivity index (χ0) is 22.4. The number of amides is 2. The van der Waals surface area contributed by atoms with E-state index in [1.54, 1.807) is 24.3 Å². The lowest BCUT2D eigenvalue weighted by Gasteiger charge is -2.28. The van der Waals surface area contributed by atoms with Gasteiger partial charge in [0.25, 0.3) is 11.6 Å². The molecule has 0 spiro atoms. The first-order valence-corrected chi connectivity index (χ1v) is 10.3. The van der Waals surface area contributed by atoms with Gasteiger partial charge in [0, 0.05) is 36.8 Å². The van der Waals surface area contributed by atoms with E-state index in [9.17, 15) is 19.7 Å². The van der Waals surface area contributed by atoms with E-state index in [-0.39, 0.29) is 22.2 Å². The van der Waals surface area contributed by atoms with Gasteiger partial charge in [0.2, 0.25) is 5.91 Å². The van der Waals surface area contributed by atoms with Crippen LogP contribution in [0.4, 0.5) is 22.7 Å². The van der Waals surface area contributed by atoms with Crippen LogP contribution in [-0.2, 0) is 9.53 Å². The van der Waals surface area contributed by atoms with Crippen LogP contribution in [0.15, 0.2) is 36.4 Å². The summed E-state index contributed by atoms with van der Waals surface area (Å²) >= 11 is 6.18. The zero-order valence-electron chi connectivity index (χ0n) is 17.0. The number of carbonyl (C=O) groups excluding carboxylic acids is 2. The highest BCUT2D eigenvalue weighted by atomic mass is 35.5. The normalized spacial score (nSPS) is 13.5. The number of nitro benzene ring substituents is 1. The Morgan fingerprint density at radius 2 is 1.90 bits per heavy atom. The molecule has 31 heavy (non-hydrogen) atoms. The van der Waals surface area contributed by atoms with Gasteiger partial charge < -0.3 is 20.3 Å². The summed E-state index contributed by atoms with van der Waals surface area (Å²) in [6.45, 7) is 3.96. The summed E-state index contributed by atoms with van der Waals surface area (Å²) in [6.07, 6.45) is 1.09. The number of morpholine rings is 1. The SMILES string of the molecule is CCCC(=O)Nc1ccc(Cl)c(NC(=O)c2ccc(N3CCOCC3)c([N+](=O)[O-])c2)c1. The molecule has 1 fully saturated rings. The van der Waals surface area contributed by atoms with Gasteiger partial charge in [-0.25, -0.2) is 0 Å². The molecule has 3 rings (SSSR count). The Hall–Kier alpha value is -3.17. The molecule has 0 radical (unpaired) electrons. The summed E-state index contributed by atoms with van der Waals surface area (Å²) in [5.41, 5.74) is 1.21. The molecule has 164 valence electrons. The van der Waals surface area contributed by atoms with Gasteiger partial charge in [0.1, 0.15) is 5.69 Å². The monoisotopic (exact) mass is 446 g/mol. The van der Waals surface area contributed by atoms with Crippen LogP contribution in [0.5, 0.6) is 0 Å². The summed E-state index contributed by atoms with van der Waals surface area (Å²) in [5.74, 6) is -0.688. The van der Waals surface area contributed by atoms with Gasteiger partial charge in [0.05, 0.1) is 28.8 Å². The molecule has 1 heterocycles. The molecule has 10 heteroatoms. The highest BCUT2D eigenvalue weighted by Crippen LogP contribution is 2.31. The standard InChI is InChI=1S/C21H23ClN4O5/c1-2-3-20(27)23-15-5-6-16(22)17(13-15)24-21(28)14-4-7-18(19(12-14)26(29)30)25-8-10-31-11-9-25/h4-7,12-13H,2-3,8-11H2,1H3,(H,23,27)(H,24,28). The van der Waals surface area contributed by atoms with Crippen molar-refractivity contribution in [1.29, 1.82) is 0 Å². The Kier molecular flexibility index (Phi) is 7.43. The summed E-state index contributed by atoms with van der Waals surface area (Å²) in [5, 5.41) is 17.3. The number of halogens is 1. The molecule has 0 atom stereocenters. The first-order chi connectivity index (χ1) is 14.9.